The Morgan fingerprint density at radius 1 is 1.41 bits per heavy atom. The summed E-state index contributed by atoms with van der Waals surface area (Å²) in [7, 11) is 2.06. The lowest BCUT2D eigenvalue weighted by atomic mass is 9.91. The molecule has 3 heteroatoms. The van der Waals surface area contributed by atoms with E-state index in [4.69, 9.17) is 4.42 Å². The van der Waals surface area contributed by atoms with Gasteiger partial charge in [0.25, 0.3) is 0 Å². The third-order valence-electron chi connectivity index (χ3n) is 4.28. The van der Waals surface area contributed by atoms with Crippen LogP contribution >= 0.6 is 0 Å². The Kier molecular flexibility index (Phi) is 3.21. The number of hydrogen-bond donors (Lipinski definition) is 1. The zero-order valence-electron chi connectivity index (χ0n) is 10.6. The lowest BCUT2D eigenvalue weighted by molar-refractivity contribution is 0.158. The molecule has 0 amide bonds. The molecule has 94 valence electrons. The third-order valence-corrected chi connectivity index (χ3v) is 4.28. The molecule has 0 spiro atoms. The molecule has 3 rings (SSSR count). The van der Waals surface area contributed by atoms with Gasteiger partial charge in [-0.3, -0.25) is 4.90 Å². The highest BCUT2D eigenvalue weighted by molar-refractivity contribution is 5.24. The zero-order valence-corrected chi connectivity index (χ0v) is 10.6. The van der Waals surface area contributed by atoms with Crippen molar-refractivity contribution in [1.82, 2.24) is 10.2 Å². The van der Waals surface area contributed by atoms with Crippen molar-refractivity contribution in [1.29, 1.82) is 0 Å². The molecule has 1 N–H and O–H groups in total. The van der Waals surface area contributed by atoms with Crippen molar-refractivity contribution < 1.29 is 4.42 Å². The van der Waals surface area contributed by atoms with Crippen LogP contribution in [0.15, 0.2) is 16.7 Å². The van der Waals surface area contributed by atoms with Gasteiger partial charge in [-0.1, -0.05) is 0 Å². The van der Waals surface area contributed by atoms with Crippen molar-refractivity contribution in [3.05, 3.63) is 23.7 Å². The number of nitrogens with zero attached hydrogens (tertiary/aromatic N) is 1. The fraction of sp³-hybridized carbons (Fsp3) is 0.714. The maximum atomic E-state index is 5.60. The van der Waals surface area contributed by atoms with Crippen LogP contribution in [0.4, 0.5) is 0 Å². The summed E-state index contributed by atoms with van der Waals surface area (Å²) in [5, 5.41) is 3.33. The Hall–Kier alpha value is -0.800. The second-order valence-electron chi connectivity index (χ2n) is 5.30. The fourth-order valence-corrected chi connectivity index (χ4v) is 3.53. The first-order valence-electron chi connectivity index (χ1n) is 6.86. The molecule has 0 bridgehead atoms. The molecule has 1 aromatic heterocycles. The van der Waals surface area contributed by atoms with Crippen LogP contribution < -0.4 is 5.32 Å². The van der Waals surface area contributed by atoms with Crippen LogP contribution in [0, 0.1) is 0 Å². The van der Waals surface area contributed by atoms with Crippen molar-refractivity contribution in [3.8, 4) is 0 Å². The lowest BCUT2D eigenvalue weighted by Crippen LogP contribution is -2.40. The summed E-state index contributed by atoms with van der Waals surface area (Å²) < 4.78 is 5.60. The van der Waals surface area contributed by atoms with Crippen LogP contribution in [0.25, 0.3) is 0 Å². The Morgan fingerprint density at radius 2 is 2.35 bits per heavy atom. The summed E-state index contributed by atoms with van der Waals surface area (Å²) in [5.74, 6) is 1.23. The minimum absolute atomic E-state index is 0.610. The molecule has 2 aliphatic rings. The normalized spacial score (nSPS) is 29.5. The largest absolute Gasteiger partial charge is 0.469 e. The summed E-state index contributed by atoms with van der Waals surface area (Å²) in [6, 6.07) is 3.51. The molecule has 2 unspecified atom stereocenters. The number of likely N-dealkylation sites (tertiary alicyclic amines) is 1. The minimum atomic E-state index is 0.610. The molecule has 1 aliphatic heterocycles. The predicted octanol–water partition coefficient (Wildman–Crippen LogP) is 2.34. The molecule has 0 aromatic carbocycles. The standard InChI is InChI=1S/C14H22N2O/c1-15-10-11-4-3-8-16(11)13-5-2-6-14-12(13)7-9-17-14/h7,9,11,13,15H,2-6,8,10H2,1H3. The lowest BCUT2D eigenvalue weighted by Gasteiger charge is -2.35. The summed E-state index contributed by atoms with van der Waals surface area (Å²) >= 11 is 0. The molecule has 1 fully saturated rings. The number of hydrogen-bond acceptors (Lipinski definition) is 3. The summed E-state index contributed by atoms with van der Waals surface area (Å²) in [6.07, 6.45) is 8.25. The van der Waals surface area contributed by atoms with Crippen molar-refractivity contribution in [2.45, 2.75) is 44.2 Å². The Balaban J connectivity index is 1.81. The van der Waals surface area contributed by atoms with Crippen LogP contribution in [-0.4, -0.2) is 31.1 Å². The molecule has 3 nitrogen and oxygen atoms in total. The highest BCUT2D eigenvalue weighted by Gasteiger charge is 2.34. The Bertz CT molecular complexity index is 374. The van der Waals surface area contributed by atoms with Gasteiger partial charge in [0.2, 0.25) is 0 Å². The second-order valence-corrected chi connectivity index (χ2v) is 5.30. The molecule has 17 heavy (non-hydrogen) atoms. The van der Waals surface area contributed by atoms with E-state index in [-0.39, 0.29) is 0 Å². The molecule has 1 aromatic rings. The number of aryl methyl sites for hydroxylation is 1. The Labute approximate surface area is 103 Å². The van der Waals surface area contributed by atoms with E-state index in [0.29, 0.717) is 12.1 Å². The first-order chi connectivity index (χ1) is 8.40. The van der Waals surface area contributed by atoms with Crippen molar-refractivity contribution in [2.24, 2.45) is 0 Å². The Morgan fingerprint density at radius 3 is 3.24 bits per heavy atom. The highest BCUT2D eigenvalue weighted by Crippen LogP contribution is 2.38. The maximum Gasteiger partial charge on any atom is 0.108 e. The van der Waals surface area contributed by atoms with Crippen LogP contribution in [0.3, 0.4) is 0 Å². The molecule has 0 saturated carbocycles. The smallest absolute Gasteiger partial charge is 0.108 e. The SMILES string of the molecule is CNCC1CCCN1C1CCCc2occc21. The number of fused-ring (bicyclic) bond motifs is 1. The van der Waals surface area contributed by atoms with Crippen molar-refractivity contribution in [2.75, 3.05) is 20.1 Å². The molecule has 1 aliphatic carbocycles. The number of rotatable bonds is 3. The molecule has 2 heterocycles. The number of likely N-dealkylation sites (N-methyl/N-ethyl adjacent to an activating group) is 1. The van der Waals surface area contributed by atoms with Gasteiger partial charge in [0.15, 0.2) is 0 Å². The van der Waals surface area contributed by atoms with E-state index in [1.165, 1.54) is 43.6 Å². The van der Waals surface area contributed by atoms with Gasteiger partial charge in [0.05, 0.1) is 6.26 Å². The van der Waals surface area contributed by atoms with Crippen LogP contribution in [-0.2, 0) is 6.42 Å². The first-order valence-corrected chi connectivity index (χ1v) is 6.86. The number of nitrogens with one attached hydrogen (secondary N) is 1. The molecular weight excluding hydrogens is 212 g/mol. The van der Waals surface area contributed by atoms with Gasteiger partial charge in [-0.2, -0.15) is 0 Å². The molecule has 2 atom stereocenters. The third kappa shape index (κ3) is 2.02. The summed E-state index contributed by atoms with van der Waals surface area (Å²) in [6.45, 7) is 2.37. The first kappa shape index (κ1) is 11.3. The van der Waals surface area contributed by atoms with E-state index in [2.05, 4.69) is 23.3 Å². The van der Waals surface area contributed by atoms with E-state index in [1.54, 1.807) is 0 Å². The average molecular weight is 234 g/mol. The zero-order chi connectivity index (χ0) is 11.7. The quantitative estimate of drug-likeness (QED) is 0.870. The van der Waals surface area contributed by atoms with Gasteiger partial charge >= 0.3 is 0 Å². The molecule has 0 radical (unpaired) electrons. The van der Waals surface area contributed by atoms with E-state index >= 15 is 0 Å². The molecule has 1 saturated heterocycles. The van der Waals surface area contributed by atoms with E-state index < -0.39 is 0 Å². The second kappa shape index (κ2) is 4.83. The van der Waals surface area contributed by atoms with Gasteiger partial charge < -0.3 is 9.73 Å². The van der Waals surface area contributed by atoms with Gasteiger partial charge in [-0.05, 0) is 45.3 Å². The van der Waals surface area contributed by atoms with Gasteiger partial charge in [-0.15, -0.1) is 0 Å². The number of furan rings is 1. The van der Waals surface area contributed by atoms with Gasteiger partial charge in [-0.25, -0.2) is 0 Å². The summed E-state index contributed by atoms with van der Waals surface area (Å²) in [5.41, 5.74) is 1.46. The van der Waals surface area contributed by atoms with Gasteiger partial charge in [0.1, 0.15) is 5.76 Å². The highest BCUT2D eigenvalue weighted by atomic mass is 16.3. The van der Waals surface area contributed by atoms with Crippen molar-refractivity contribution in [3.63, 3.8) is 0 Å². The fourth-order valence-electron chi connectivity index (χ4n) is 3.53. The topological polar surface area (TPSA) is 28.4 Å². The van der Waals surface area contributed by atoms with E-state index in [0.717, 1.165) is 13.0 Å². The van der Waals surface area contributed by atoms with Crippen LogP contribution in [0.1, 0.15) is 43.0 Å². The van der Waals surface area contributed by atoms with E-state index in [1.807, 2.05) is 6.26 Å². The summed E-state index contributed by atoms with van der Waals surface area (Å²) in [4.78, 5) is 2.70. The van der Waals surface area contributed by atoms with Crippen LogP contribution in [0.5, 0.6) is 0 Å². The van der Waals surface area contributed by atoms with E-state index in [9.17, 15) is 0 Å². The molecular formula is C14H22N2O. The average Bonchev–Trinajstić information content (AvgIpc) is 2.96. The van der Waals surface area contributed by atoms with Gasteiger partial charge in [0, 0.05) is 30.6 Å². The maximum absolute atomic E-state index is 5.60. The van der Waals surface area contributed by atoms with Crippen LogP contribution in [0.2, 0.25) is 0 Å². The van der Waals surface area contributed by atoms with Crippen molar-refractivity contribution >= 4 is 0 Å². The minimum Gasteiger partial charge on any atom is -0.469 e. The monoisotopic (exact) mass is 234 g/mol. The predicted molar refractivity (Wildman–Crippen MR) is 68.0 cm³/mol.